The Morgan fingerprint density at radius 2 is 1.59 bits per heavy atom. The van der Waals surface area contributed by atoms with Crippen LogP contribution in [0.25, 0.3) is 0 Å². The number of aromatic nitrogens is 1. The fourth-order valence-corrected chi connectivity index (χ4v) is 3.74. The van der Waals surface area contributed by atoms with Gasteiger partial charge in [0.1, 0.15) is 6.54 Å². The lowest BCUT2D eigenvalue weighted by molar-refractivity contribution is -0.141. The normalized spacial score (nSPS) is 11.2. The molecule has 0 fully saturated rings. The van der Waals surface area contributed by atoms with Gasteiger partial charge in [0.15, 0.2) is 6.61 Å². The second-order valence-electron chi connectivity index (χ2n) is 9.45. The molecule has 1 amide bonds. The average Bonchev–Trinajstić information content (AvgIpc) is 3.09. The number of carbonyl (C=O) groups is 3. The van der Waals surface area contributed by atoms with Crippen LogP contribution in [0, 0.1) is 13.8 Å². The fourth-order valence-electron chi connectivity index (χ4n) is 3.74. The molecule has 6 heteroatoms. The van der Waals surface area contributed by atoms with Crippen molar-refractivity contribution in [1.82, 2.24) is 9.88 Å². The molecule has 2 aromatic carbocycles. The van der Waals surface area contributed by atoms with Gasteiger partial charge < -0.3 is 14.6 Å². The van der Waals surface area contributed by atoms with E-state index in [1.165, 1.54) is 0 Å². The summed E-state index contributed by atoms with van der Waals surface area (Å²) in [6, 6.07) is 19.1. The van der Waals surface area contributed by atoms with Gasteiger partial charge in [-0.25, -0.2) is 0 Å². The van der Waals surface area contributed by atoms with Gasteiger partial charge in [-0.15, -0.1) is 0 Å². The van der Waals surface area contributed by atoms with E-state index < -0.39 is 5.97 Å². The van der Waals surface area contributed by atoms with E-state index in [1.807, 2.05) is 62.4 Å². The molecule has 0 saturated heterocycles. The molecule has 0 unspecified atom stereocenters. The minimum atomic E-state index is -0.661. The maximum absolute atomic E-state index is 12.7. The predicted molar refractivity (Wildman–Crippen MR) is 132 cm³/mol. The minimum absolute atomic E-state index is 0.00916. The molecule has 0 radical (unpaired) electrons. The Morgan fingerprint density at radius 1 is 0.941 bits per heavy atom. The Hall–Kier alpha value is -3.67. The average molecular weight is 461 g/mol. The van der Waals surface area contributed by atoms with E-state index in [9.17, 15) is 14.4 Å². The third-order valence-corrected chi connectivity index (χ3v) is 5.83. The minimum Gasteiger partial charge on any atom is -0.456 e. The number of nitrogens with one attached hydrogen (secondary N) is 1. The monoisotopic (exact) mass is 460 g/mol. The number of rotatable bonds is 8. The maximum Gasteiger partial charge on any atom is 0.325 e. The topological polar surface area (TPSA) is 77.4 Å². The van der Waals surface area contributed by atoms with Gasteiger partial charge >= 0.3 is 5.97 Å². The van der Waals surface area contributed by atoms with Crippen molar-refractivity contribution in [3.05, 3.63) is 94.3 Å². The van der Waals surface area contributed by atoms with Crippen LogP contribution in [-0.2, 0) is 21.5 Å². The summed E-state index contributed by atoms with van der Waals surface area (Å²) >= 11 is 0. The summed E-state index contributed by atoms with van der Waals surface area (Å²) in [5, 5.41) is 2.54. The summed E-state index contributed by atoms with van der Waals surface area (Å²) in [6.45, 7) is 10.1. The van der Waals surface area contributed by atoms with E-state index in [4.69, 9.17) is 4.74 Å². The molecule has 0 aliphatic heterocycles. The molecule has 1 heterocycles. The Labute approximate surface area is 200 Å². The van der Waals surface area contributed by atoms with Crippen molar-refractivity contribution in [3.8, 4) is 0 Å². The number of esters is 1. The smallest absolute Gasteiger partial charge is 0.325 e. The van der Waals surface area contributed by atoms with E-state index >= 15 is 0 Å². The third-order valence-electron chi connectivity index (χ3n) is 5.83. The van der Waals surface area contributed by atoms with E-state index in [2.05, 4.69) is 30.7 Å². The SMILES string of the molecule is Cc1cc(C(=O)COC(=O)CNC(=O)c2ccc(C(C)(C)C)cc2)c(C)n1Cc1ccccc1. The van der Waals surface area contributed by atoms with Crippen molar-refractivity contribution in [2.24, 2.45) is 0 Å². The zero-order valence-electron chi connectivity index (χ0n) is 20.5. The first-order valence-corrected chi connectivity index (χ1v) is 11.3. The lowest BCUT2D eigenvalue weighted by atomic mass is 9.87. The molecule has 3 aromatic rings. The molecular formula is C28H32N2O4. The first-order chi connectivity index (χ1) is 16.1. The number of aryl methyl sites for hydroxylation is 1. The van der Waals surface area contributed by atoms with Crippen LogP contribution in [0.5, 0.6) is 0 Å². The first-order valence-electron chi connectivity index (χ1n) is 11.3. The lowest BCUT2D eigenvalue weighted by Crippen LogP contribution is -2.31. The van der Waals surface area contributed by atoms with Crippen LogP contribution in [0.4, 0.5) is 0 Å². The fraction of sp³-hybridized carbons (Fsp3) is 0.321. The standard InChI is InChI=1S/C28H32N2O4/c1-19-15-24(20(2)30(19)17-21-9-7-6-8-10-21)25(31)18-34-26(32)16-29-27(33)22-11-13-23(14-12-22)28(3,4)5/h6-15H,16-18H2,1-5H3,(H,29,33). The summed E-state index contributed by atoms with van der Waals surface area (Å²) in [7, 11) is 0. The van der Waals surface area contributed by atoms with Crippen LogP contribution >= 0.6 is 0 Å². The van der Waals surface area contributed by atoms with Gasteiger partial charge in [0.2, 0.25) is 5.78 Å². The van der Waals surface area contributed by atoms with Crippen LogP contribution in [0.2, 0.25) is 0 Å². The molecule has 3 rings (SSSR count). The number of ether oxygens (including phenoxy) is 1. The highest BCUT2D eigenvalue weighted by Crippen LogP contribution is 2.22. The van der Waals surface area contributed by atoms with Crippen molar-refractivity contribution < 1.29 is 19.1 Å². The summed E-state index contributed by atoms with van der Waals surface area (Å²) in [5.74, 6) is -1.30. The first kappa shape index (κ1) is 25.0. The van der Waals surface area contributed by atoms with Gasteiger partial charge in [0.25, 0.3) is 5.91 Å². The lowest BCUT2D eigenvalue weighted by Gasteiger charge is -2.19. The number of benzene rings is 2. The van der Waals surface area contributed by atoms with E-state index in [1.54, 1.807) is 12.1 Å². The van der Waals surface area contributed by atoms with Crippen molar-refractivity contribution in [1.29, 1.82) is 0 Å². The molecule has 0 saturated carbocycles. The highest BCUT2D eigenvalue weighted by molar-refractivity contribution is 6.00. The van der Waals surface area contributed by atoms with Crippen molar-refractivity contribution in [3.63, 3.8) is 0 Å². The molecule has 0 bridgehead atoms. The molecule has 1 aromatic heterocycles. The molecule has 6 nitrogen and oxygen atoms in total. The van der Waals surface area contributed by atoms with Crippen LogP contribution in [0.15, 0.2) is 60.7 Å². The molecule has 178 valence electrons. The number of carbonyl (C=O) groups excluding carboxylic acids is 3. The Bertz CT molecular complexity index is 1170. The second kappa shape index (κ2) is 10.5. The summed E-state index contributed by atoms with van der Waals surface area (Å²) in [6.07, 6.45) is 0. The molecule has 0 atom stereocenters. The predicted octanol–water partition coefficient (Wildman–Crippen LogP) is 4.61. The largest absolute Gasteiger partial charge is 0.456 e. The Morgan fingerprint density at radius 3 is 2.21 bits per heavy atom. The maximum atomic E-state index is 12.7. The summed E-state index contributed by atoms with van der Waals surface area (Å²) in [4.78, 5) is 37.1. The van der Waals surface area contributed by atoms with Gasteiger partial charge in [-0.05, 0) is 48.6 Å². The second-order valence-corrected chi connectivity index (χ2v) is 9.45. The highest BCUT2D eigenvalue weighted by Gasteiger charge is 2.18. The van der Waals surface area contributed by atoms with Crippen molar-refractivity contribution >= 4 is 17.7 Å². The highest BCUT2D eigenvalue weighted by atomic mass is 16.5. The number of nitrogens with zero attached hydrogens (tertiary/aromatic N) is 1. The van der Waals surface area contributed by atoms with Gasteiger partial charge in [0, 0.05) is 29.1 Å². The number of hydrogen-bond acceptors (Lipinski definition) is 4. The van der Waals surface area contributed by atoms with E-state index in [0.29, 0.717) is 17.7 Å². The number of ketones is 1. The summed E-state index contributed by atoms with van der Waals surface area (Å²) in [5.41, 5.74) is 5.02. The van der Waals surface area contributed by atoms with Crippen LogP contribution < -0.4 is 5.32 Å². The molecule has 0 spiro atoms. The quantitative estimate of drug-likeness (QED) is 0.393. The number of Topliss-reactive ketones (excluding diaryl/α,β-unsaturated/α-hetero) is 1. The van der Waals surface area contributed by atoms with Gasteiger partial charge in [0.05, 0.1) is 0 Å². The zero-order chi connectivity index (χ0) is 24.9. The van der Waals surface area contributed by atoms with Gasteiger partial charge in [-0.1, -0.05) is 63.2 Å². The van der Waals surface area contributed by atoms with Crippen molar-refractivity contribution in [2.45, 2.75) is 46.6 Å². The van der Waals surface area contributed by atoms with Gasteiger partial charge in [-0.2, -0.15) is 0 Å². The van der Waals surface area contributed by atoms with Crippen LogP contribution in [0.3, 0.4) is 0 Å². The van der Waals surface area contributed by atoms with Crippen LogP contribution in [0.1, 0.15) is 64.0 Å². The van der Waals surface area contributed by atoms with Gasteiger partial charge in [-0.3, -0.25) is 14.4 Å². The molecule has 0 aliphatic carbocycles. The Balaban J connectivity index is 1.52. The molecular weight excluding hydrogens is 428 g/mol. The Kier molecular flexibility index (Phi) is 7.72. The van der Waals surface area contributed by atoms with E-state index in [-0.39, 0.29) is 30.3 Å². The molecule has 34 heavy (non-hydrogen) atoms. The molecule has 1 N–H and O–H groups in total. The number of hydrogen-bond donors (Lipinski definition) is 1. The third kappa shape index (κ3) is 6.22. The van der Waals surface area contributed by atoms with Crippen LogP contribution in [-0.4, -0.2) is 35.4 Å². The van der Waals surface area contributed by atoms with Crippen molar-refractivity contribution in [2.75, 3.05) is 13.2 Å². The van der Waals surface area contributed by atoms with E-state index in [0.717, 1.165) is 22.5 Å². The zero-order valence-corrected chi connectivity index (χ0v) is 20.5. The number of amides is 1. The summed E-state index contributed by atoms with van der Waals surface area (Å²) < 4.78 is 7.18. The molecule has 0 aliphatic rings.